The zero-order valence-corrected chi connectivity index (χ0v) is 20.8. The highest BCUT2D eigenvalue weighted by Crippen LogP contribution is 2.46. The second kappa shape index (κ2) is 9.98. The van der Waals surface area contributed by atoms with Gasteiger partial charge in [-0.25, -0.2) is 0 Å². The van der Waals surface area contributed by atoms with E-state index in [-0.39, 0.29) is 5.88 Å². The summed E-state index contributed by atoms with van der Waals surface area (Å²) in [7, 11) is 3.29. The molecule has 1 atom stereocenters. The quantitative estimate of drug-likeness (QED) is 0.497. The topological polar surface area (TPSA) is 119 Å². The summed E-state index contributed by atoms with van der Waals surface area (Å²) in [5.41, 5.74) is 10.9. The van der Waals surface area contributed by atoms with Gasteiger partial charge in [0.25, 0.3) is 0 Å². The number of methoxy groups -OCH3 is 2. The highest BCUT2D eigenvalue weighted by molar-refractivity contribution is 8.38. The maximum Gasteiger partial charge on any atom is 0.244 e. The number of aromatic amines is 1. The lowest BCUT2D eigenvalue weighted by molar-refractivity contribution is 0.379. The molecule has 5 rings (SSSR count). The number of allylic oxidation sites excluding steroid dienone is 1. The van der Waals surface area contributed by atoms with Gasteiger partial charge in [0.15, 0.2) is 0 Å². The van der Waals surface area contributed by atoms with Gasteiger partial charge >= 0.3 is 0 Å². The number of thioether (sulfide) groups is 2. The number of fused-ring (bicyclic) bond motifs is 1. The minimum Gasteiger partial charge on any atom is -0.497 e. The summed E-state index contributed by atoms with van der Waals surface area (Å²) < 4.78 is 17.8. The molecule has 3 aromatic rings. The number of aliphatic imine (C=N–C) groups is 1. The lowest BCUT2D eigenvalue weighted by atomic mass is 9.82. The van der Waals surface area contributed by atoms with Crippen molar-refractivity contribution in [1.82, 2.24) is 10.2 Å². The molecule has 0 amide bonds. The van der Waals surface area contributed by atoms with Crippen molar-refractivity contribution < 1.29 is 14.2 Å². The number of benzene rings is 2. The number of nitrogens with two attached hydrogens (primary N) is 1. The summed E-state index contributed by atoms with van der Waals surface area (Å²) >= 11 is 3.47. The van der Waals surface area contributed by atoms with E-state index in [0.717, 1.165) is 56.1 Å². The van der Waals surface area contributed by atoms with Gasteiger partial charge in [0, 0.05) is 22.6 Å². The fourth-order valence-electron chi connectivity index (χ4n) is 4.19. The number of nitriles is 1. The number of ether oxygens (including phenoxy) is 3. The first-order chi connectivity index (χ1) is 17.1. The Morgan fingerprint density at radius 3 is 2.74 bits per heavy atom. The van der Waals surface area contributed by atoms with E-state index < -0.39 is 5.92 Å². The van der Waals surface area contributed by atoms with Crippen LogP contribution in [-0.4, -0.2) is 41.1 Å². The predicted octanol–water partition coefficient (Wildman–Crippen LogP) is 4.65. The maximum atomic E-state index is 10.0. The average Bonchev–Trinajstić information content (AvgIpc) is 3.56. The van der Waals surface area contributed by atoms with Crippen LogP contribution in [0, 0.1) is 11.3 Å². The van der Waals surface area contributed by atoms with Crippen LogP contribution in [0.1, 0.15) is 22.6 Å². The minimum atomic E-state index is -0.451. The molecule has 178 valence electrons. The highest BCUT2D eigenvalue weighted by atomic mass is 32.2. The molecule has 0 spiro atoms. The molecule has 2 aliphatic heterocycles. The molecule has 0 bridgehead atoms. The van der Waals surface area contributed by atoms with Crippen molar-refractivity contribution in [2.45, 2.75) is 11.7 Å². The summed E-state index contributed by atoms with van der Waals surface area (Å²) in [5.74, 6) is 3.23. The van der Waals surface area contributed by atoms with E-state index in [1.54, 1.807) is 37.7 Å². The average molecular weight is 506 g/mol. The number of rotatable bonds is 6. The molecule has 10 heteroatoms. The number of H-pyrrole nitrogens is 1. The van der Waals surface area contributed by atoms with Crippen LogP contribution in [-0.2, 0) is 5.75 Å². The molecule has 3 N–H and O–H groups in total. The van der Waals surface area contributed by atoms with Gasteiger partial charge in [-0.1, -0.05) is 35.7 Å². The molecular weight excluding hydrogens is 482 g/mol. The van der Waals surface area contributed by atoms with Gasteiger partial charge in [-0.05, 0) is 35.9 Å². The monoisotopic (exact) mass is 505 g/mol. The van der Waals surface area contributed by atoms with Crippen LogP contribution in [0.3, 0.4) is 0 Å². The van der Waals surface area contributed by atoms with E-state index in [0.29, 0.717) is 17.2 Å². The third kappa shape index (κ3) is 4.45. The van der Waals surface area contributed by atoms with E-state index in [1.165, 1.54) is 0 Å². The number of hydrogen-bond acceptors (Lipinski definition) is 9. The van der Waals surface area contributed by atoms with E-state index in [1.807, 2.05) is 36.4 Å². The Bertz CT molecular complexity index is 1360. The second-order valence-corrected chi connectivity index (χ2v) is 10.1. The zero-order chi connectivity index (χ0) is 24.4. The third-order valence-corrected chi connectivity index (χ3v) is 8.17. The van der Waals surface area contributed by atoms with Crippen LogP contribution < -0.4 is 19.9 Å². The SMILES string of the molecule is COc1ccc(-c2[nH]nc3c2[C@@H](c2ccc(OC)c(CSC4=NCCS4)c2)C(C#N)=C(N)O3)cc1. The van der Waals surface area contributed by atoms with E-state index in [9.17, 15) is 5.26 Å². The van der Waals surface area contributed by atoms with Crippen molar-refractivity contribution in [3.8, 4) is 34.7 Å². The molecule has 2 aliphatic rings. The third-order valence-electron chi connectivity index (χ3n) is 5.86. The van der Waals surface area contributed by atoms with Gasteiger partial charge in [-0.2, -0.15) is 5.26 Å². The van der Waals surface area contributed by atoms with Gasteiger partial charge in [-0.15, -0.1) is 5.10 Å². The minimum absolute atomic E-state index is 0.0567. The van der Waals surface area contributed by atoms with E-state index >= 15 is 0 Å². The van der Waals surface area contributed by atoms with Crippen molar-refractivity contribution in [2.24, 2.45) is 10.7 Å². The molecule has 0 radical (unpaired) electrons. The molecule has 2 aromatic carbocycles. The van der Waals surface area contributed by atoms with Crippen LogP contribution in [0.2, 0.25) is 0 Å². The summed E-state index contributed by atoms with van der Waals surface area (Å²) in [4.78, 5) is 4.53. The van der Waals surface area contributed by atoms with Crippen molar-refractivity contribution in [3.63, 3.8) is 0 Å². The smallest absolute Gasteiger partial charge is 0.244 e. The van der Waals surface area contributed by atoms with E-state index in [4.69, 9.17) is 19.9 Å². The lowest BCUT2D eigenvalue weighted by Crippen LogP contribution is -2.21. The lowest BCUT2D eigenvalue weighted by Gasteiger charge is -2.25. The first-order valence-corrected chi connectivity index (χ1v) is 12.9. The molecule has 0 aliphatic carbocycles. The Hall–Kier alpha value is -3.55. The molecule has 1 aromatic heterocycles. The van der Waals surface area contributed by atoms with Crippen molar-refractivity contribution in [1.29, 1.82) is 5.26 Å². The number of nitrogens with one attached hydrogen (secondary N) is 1. The van der Waals surface area contributed by atoms with Crippen molar-refractivity contribution in [3.05, 3.63) is 70.6 Å². The van der Waals surface area contributed by atoms with E-state index in [2.05, 4.69) is 27.3 Å². The van der Waals surface area contributed by atoms with Crippen LogP contribution in [0.25, 0.3) is 11.3 Å². The molecule has 8 nitrogen and oxygen atoms in total. The van der Waals surface area contributed by atoms with Crippen LogP contribution in [0.5, 0.6) is 17.4 Å². The molecule has 35 heavy (non-hydrogen) atoms. The van der Waals surface area contributed by atoms with Gasteiger partial charge in [0.05, 0.1) is 37.9 Å². The van der Waals surface area contributed by atoms with Crippen LogP contribution in [0.15, 0.2) is 58.9 Å². The predicted molar refractivity (Wildman–Crippen MR) is 139 cm³/mol. The second-order valence-electron chi connectivity index (χ2n) is 7.83. The Morgan fingerprint density at radius 2 is 2.06 bits per heavy atom. The maximum absolute atomic E-state index is 10.0. The largest absolute Gasteiger partial charge is 0.497 e. The van der Waals surface area contributed by atoms with Crippen molar-refractivity contribution >= 4 is 27.9 Å². The summed E-state index contributed by atoms with van der Waals surface area (Å²) in [6.45, 7) is 0.860. The van der Waals surface area contributed by atoms with Crippen LogP contribution >= 0.6 is 23.5 Å². The molecule has 0 saturated heterocycles. The summed E-state index contributed by atoms with van der Waals surface area (Å²) in [5, 5.41) is 17.5. The molecule has 0 fully saturated rings. The molecule has 0 unspecified atom stereocenters. The summed E-state index contributed by atoms with van der Waals surface area (Å²) in [6, 6.07) is 15.9. The van der Waals surface area contributed by atoms with Crippen molar-refractivity contribution in [2.75, 3.05) is 26.5 Å². The normalized spacial score (nSPS) is 16.8. The fourth-order valence-corrected chi connectivity index (χ4v) is 6.18. The van der Waals surface area contributed by atoms with Crippen LogP contribution in [0.4, 0.5) is 0 Å². The number of aromatic nitrogens is 2. The standard InChI is InChI=1S/C25H23N5O3S2/c1-31-17-6-3-14(4-7-17)22-21-20(18(12-26)23(27)33-24(21)30-29-22)15-5-8-19(32-2)16(11-15)13-35-25-28-9-10-34-25/h3-8,11,20H,9-10,13,27H2,1-2H3,(H,29,30)/t20-/m0/s1. The summed E-state index contributed by atoms with van der Waals surface area (Å²) in [6.07, 6.45) is 0. The molecule has 0 saturated carbocycles. The first kappa shape index (κ1) is 23.2. The number of nitrogens with zero attached hydrogens (tertiary/aromatic N) is 3. The number of hydrogen-bond donors (Lipinski definition) is 2. The molecule has 3 heterocycles. The van der Waals surface area contributed by atoms with Gasteiger partial charge in [-0.3, -0.25) is 10.1 Å². The van der Waals surface area contributed by atoms with Gasteiger partial charge in [0.2, 0.25) is 11.8 Å². The highest BCUT2D eigenvalue weighted by Gasteiger charge is 2.36. The Labute approximate surface area is 211 Å². The Morgan fingerprint density at radius 1 is 1.23 bits per heavy atom. The van der Waals surface area contributed by atoms with Gasteiger partial charge < -0.3 is 19.9 Å². The first-order valence-electron chi connectivity index (χ1n) is 10.9. The zero-order valence-electron chi connectivity index (χ0n) is 19.2. The fraction of sp³-hybridized carbons (Fsp3) is 0.240. The Balaban J connectivity index is 1.59. The van der Waals surface area contributed by atoms with Gasteiger partial charge in [0.1, 0.15) is 27.5 Å². The molecular formula is C25H23N5O3S2. The Kier molecular flexibility index (Phi) is 6.61.